The van der Waals surface area contributed by atoms with Crippen molar-refractivity contribution in [2.24, 2.45) is 0 Å². The summed E-state index contributed by atoms with van der Waals surface area (Å²) in [4.78, 5) is 15.3. The Morgan fingerprint density at radius 3 is 2.46 bits per heavy atom. The van der Waals surface area contributed by atoms with E-state index in [1.54, 1.807) is 0 Å². The molecule has 136 valence electrons. The highest BCUT2D eigenvalue weighted by Crippen LogP contribution is 2.18. The SMILES string of the molecule is Cc1cc(C)c2[nH]c(=O)c(CCNS(=O)(=O)c3ccc(Cl)cc3)cc2c1. The molecule has 0 saturated carbocycles. The van der Waals surface area contributed by atoms with Crippen molar-refractivity contribution in [1.29, 1.82) is 0 Å². The zero-order chi connectivity index (χ0) is 18.9. The van der Waals surface area contributed by atoms with Gasteiger partial charge < -0.3 is 4.98 Å². The summed E-state index contributed by atoms with van der Waals surface area (Å²) < 4.78 is 27.1. The smallest absolute Gasteiger partial charge is 0.251 e. The summed E-state index contributed by atoms with van der Waals surface area (Å²) >= 11 is 5.78. The molecule has 2 N–H and O–H groups in total. The van der Waals surface area contributed by atoms with Crippen LogP contribution in [0, 0.1) is 13.8 Å². The molecule has 3 aromatic rings. The van der Waals surface area contributed by atoms with E-state index in [4.69, 9.17) is 11.6 Å². The molecule has 0 amide bonds. The number of sulfonamides is 1. The van der Waals surface area contributed by atoms with E-state index in [0.29, 0.717) is 17.0 Å². The molecule has 0 aliphatic carbocycles. The van der Waals surface area contributed by atoms with Gasteiger partial charge in [-0.25, -0.2) is 13.1 Å². The van der Waals surface area contributed by atoms with Crippen LogP contribution < -0.4 is 10.3 Å². The zero-order valence-electron chi connectivity index (χ0n) is 14.5. The molecular weight excluding hydrogens is 372 g/mol. The van der Waals surface area contributed by atoms with Crippen LogP contribution in [-0.4, -0.2) is 19.9 Å². The lowest BCUT2D eigenvalue weighted by atomic mass is 10.0. The molecule has 2 aromatic carbocycles. The van der Waals surface area contributed by atoms with Crippen LogP contribution in [0.25, 0.3) is 10.9 Å². The number of nitrogens with one attached hydrogen (secondary N) is 2. The van der Waals surface area contributed by atoms with E-state index >= 15 is 0 Å². The van der Waals surface area contributed by atoms with Crippen molar-refractivity contribution in [3.05, 3.63) is 74.5 Å². The molecule has 0 fully saturated rings. The summed E-state index contributed by atoms with van der Waals surface area (Å²) in [5.74, 6) is 0. The Morgan fingerprint density at radius 2 is 1.77 bits per heavy atom. The summed E-state index contributed by atoms with van der Waals surface area (Å²) in [6, 6.07) is 11.8. The lowest BCUT2D eigenvalue weighted by Crippen LogP contribution is -2.27. The Labute approximate surface area is 157 Å². The van der Waals surface area contributed by atoms with Gasteiger partial charge in [-0.15, -0.1) is 0 Å². The second-order valence-electron chi connectivity index (χ2n) is 6.27. The molecule has 0 aliphatic rings. The number of hydrogen-bond acceptors (Lipinski definition) is 3. The van der Waals surface area contributed by atoms with Gasteiger partial charge in [0.25, 0.3) is 5.56 Å². The highest BCUT2D eigenvalue weighted by atomic mass is 35.5. The molecule has 0 bridgehead atoms. The van der Waals surface area contributed by atoms with Crippen LogP contribution in [0.1, 0.15) is 16.7 Å². The van der Waals surface area contributed by atoms with Crippen LogP contribution in [-0.2, 0) is 16.4 Å². The van der Waals surface area contributed by atoms with E-state index in [-0.39, 0.29) is 17.0 Å². The van der Waals surface area contributed by atoms with Crippen LogP contribution in [0.3, 0.4) is 0 Å². The average Bonchev–Trinajstić information content (AvgIpc) is 2.56. The average molecular weight is 391 g/mol. The van der Waals surface area contributed by atoms with Crippen LogP contribution >= 0.6 is 11.6 Å². The van der Waals surface area contributed by atoms with Gasteiger partial charge in [-0.3, -0.25) is 4.79 Å². The Balaban J connectivity index is 1.78. The molecule has 5 nitrogen and oxygen atoms in total. The van der Waals surface area contributed by atoms with Crippen LogP contribution in [0.15, 0.2) is 52.2 Å². The third-order valence-corrected chi connectivity index (χ3v) is 5.91. The van der Waals surface area contributed by atoms with E-state index in [0.717, 1.165) is 22.0 Å². The van der Waals surface area contributed by atoms with Crippen molar-refractivity contribution in [2.75, 3.05) is 6.54 Å². The number of fused-ring (bicyclic) bond motifs is 1. The quantitative estimate of drug-likeness (QED) is 0.701. The summed E-state index contributed by atoms with van der Waals surface area (Å²) in [5, 5.41) is 1.41. The number of H-pyrrole nitrogens is 1. The normalized spacial score (nSPS) is 11.8. The lowest BCUT2D eigenvalue weighted by molar-refractivity contribution is 0.581. The summed E-state index contributed by atoms with van der Waals surface area (Å²) in [6.45, 7) is 4.08. The fourth-order valence-electron chi connectivity index (χ4n) is 2.93. The highest BCUT2D eigenvalue weighted by Gasteiger charge is 2.14. The number of pyridine rings is 1. The molecule has 0 spiro atoms. The molecule has 0 atom stereocenters. The molecule has 3 rings (SSSR count). The van der Waals surface area contributed by atoms with Crippen LogP contribution in [0.2, 0.25) is 5.02 Å². The standard InChI is InChI=1S/C19H19ClN2O3S/c1-12-9-13(2)18-15(10-12)11-14(19(23)22-18)7-8-21-26(24,25)17-5-3-16(20)4-6-17/h3-6,9-11,21H,7-8H2,1-2H3,(H,22,23). The van der Waals surface area contributed by atoms with Crippen LogP contribution in [0.5, 0.6) is 0 Å². The highest BCUT2D eigenvalue weighted by molar-refractivity contribution is 7.89. The Morgan fingerprint density at radius 1 is 1.08 bits per heavy atom. The maximum Gasteiger partial charge on any atom is 0.251 e. The zero-order valence-corrected chi connectivity index (χ0v) is 16.0. The first-order valence-electron chi connectivity index (χ1n) is 8.15. The fraction of sp³-hybridized carbons (Fsp3) is 0.211. The van der Waals surface area contributed by atoms with Crippen LogP contribution in [0.4, 0.5) is 0 Å². The molecule has 7 heteroatoms. The predicted molar refractivity (Wildman–Crippen MR) is 104 cm³/mol. The molecule has 0 saturated heterocycles. The largest absolute Gasteiger partial charge is 0.321 e. The summed E-state index contributed by atoms with van der Waals surface area (Å²) in [5.41, 5.74) is 3.27. The van der Waals surface area contributed by atoms with E-state index in [2.05, 4.69) is 9.71 Å². The molecule has 1 heterocycles. The van der Waals surface area contributed by atoms with Crippen molar-refractivity contribution in [3.8, 4) is 0 Å². The molecule has 1 aromatic heterocycles. The van der Waals surface area contributed by atoms with Gasteiger partial charge in [0.1, 0.15) is 0 Å². The van der Waals surface area contributed by atoms with Crippen molar-refractivity contribution in [2.45, 2.75) is 25.2 Å². The van der Waals surface area contributed by atoms with Gasteiger partial charge in [0, 0.05) is 17.1 Å². The maximum atomic E-state index is 12.3. The number of hydrogen-bond donors (Lipinski definition) is 2. The number of rotatable bonds is 5. The van der Waals surface area contributed by atoms with E-state index in [9.17, 15) is 13.2 Å². The van der Waals surface area contributed by atoms with Gasteiger partial charge in [0.05, 0.1) is 10.4 Å². The van der Waals surface area contributed by atoms with Crippen molar-refractivity contribution < 1.29 is 8.42 Å². The van der Waals surface area contributed by atoms with Gasteiger partial charge in [-0.2, -0.15) is 0 Å². The summed E-state index contributed by atoms with van der Waals surface area (Å²) in [6.07, 6.45) is 0.297. The molecule has 0 aliphatic heterocycles. The molecular formula is C19H19ClN2O3S. The minimum Gasteiger partial charge on any atom is -0.321 e. The Kier molecular flexibility index (Phi) is 5.18. The molecule has 0 radical (unpaired) electrons. The van der Waals surface area contributed by atoms with E-state index in [1.165, 1.54) is 24.3 Å². The number of aromatic amines is 1. The monoisotopic (exact) mass is 390 g/mol. The van der Waals surface area contributed by atoms with Crippen molar-refractivity contribution in [3.63, 3.8) is 0 Å². The second-order valence-corrected chi connectivity index (χ2v) is 8.47. The van der Waals surface area contributed by atoms with E-state index in [1.807, 2.05) is 32.0 Å². The van der Waals surface area contributed by atoms with Gasteiger partial charge in [-0.05, 0) is 67.6 Å². The fourth-order valence-corrected chi connectivity index (χ4v) is 4.09. The number of aryl methyl sites for hydroxylation is 2. The minimum absolute atomic E-state index is 0.129. The van der Waals surface area contributed by atoms with E-state index < -0.39 is 10.0 Å². The topological polar surface area (TPSA) is 79.0 Å². The van der Waals surface area contributed by atoms with Gasteiger partial charge in [-0.1, -0.05) is 23.2 Å². The number of aromatic nitrogens is 1. The first-order valence-corrected chi connectivity index (χ1v) is 10.0. The summed E-state index contributed by atoms with van der Waals surface area (Å²) in [7, 11) is -3.64. The second kappa shape index (κ2) is 7.23. The van der Waals surface area contributed by atoms with Crippen molar-refractivity contribution in [1.82, 2.24) is 9.71 Å². The van der Waals surface area contributed by atoms with Gasteiger partial charge in [0.15, 0.2) is 0 Å². The number of halogens is 1. The molecule has 26 heavy (non-hydrogen) atoms. The minimum atomic E-state index is -3.64. The Bertz CT molecular complexity index is 1120. The van der Waals surface area contributed by atoms with Gasteiger partial charge in [0.2, 0.25) is 10.0 Å². The number of benzene rings is 2. The third-order valence-electron chi connectivity index (χ3n) is 4.18. The first kappa shape index (κ1) is 18.6. The maximum absolute atomic E-state index is 12.3. The van der Waals surface area contributed by atoms with Gasteiger partial charge >= 0.3 is 0 Å². The molecule has 0 unspecified atom stereocenters. The van der Waals surface area contributed by atoms with Crippen molar-refractivity contribution >= 4 is 32.5 Å². The lowest BCUT2D eigenvalue weighted by Gasteiger charge is -2.09. The first-order chi connectivity index (χ1) is 12.3. The predicted octanol–water partition coefficient (Wildman–Crippen LogP) is 3.32. The third kappa shape index (κ3) is 3.98. The Hall–Kier alpha value is -2.15.